The van der Waals surface area contributed by atoms with Gasteiger partial charge >= 0.3 is 6.09 Å². The van der Waals surface area contributed by atoms with Crippen LogP contribution in [0.1, 0.15) is 5.82 Å². The summed E-state index contributed by atoms with van der Waals surface area (Å²) >= 11 is 0. The maximum atomic E-state index is 11.0. The molecular formula is C14H18N4O3. The molecule has 2 aromatic rings. The Kier molecular flexibility index (Phi) is 3.42. The second-order valence-corrected chi connectivity index (χ2v) is 5.15. The predicted molar refractivity (Wildman–Crippen MR) is 78.4 cm³/mol. The number of fused-ring (bicyclic) bond motifs is 1. The summed E-state index contributed by atoms with van der Waals surface area (Å²) in [6.45, 7) is 2.21. The summed E-state index contributed by atoms with van der Waals surface area (Å²) in [5, 5.41) is 18.4. The van der Waals surface area contributed by atoms with E-state index in [0.29, 0.717) is 32.0 Å². The molecule has 0 unspecified atom stereocenters. The molecule has 2 N–H and O–H groups in total. The highest BCUT2D eigenvalue weighted by Gasteiger charge is 2.23. The maximum Gasteiger partial charge on any atom is 0.407 e. The smallest absolute Gasteiger partial charge is 0.407 e. The van der Waals surface area contributed by atoms with Crippen molar-refractivity contribution in [3.05, 3.63) is 24.0 Å². The lowest BCUT2D eigenvalue weighted by atomic mass is 10.2. The summed E-state index contributed by atoms with van der Waals surface area (Å²) in [4.78, 5) is 19.0. The van der Waals surface area contributed by atoms with Crippen molar-refractivity contribution >= 4 is 22.8 Å². The van der Waals surface area contributed by atoms with Crippen molar-refractivity contribution < 1.29 is 15.0 Å². The van der Waals surface area contributed by atoms with E-state index in [0.717, 1.165) is 16.7 Å². The van der Waals surface area contributed by atoms with E-state index in [1.54, 1.807) is 0 Å². The highest BCUT2D eigenvalue weighted by molar-refractivity contribution is 5.89. The number of aromatic nitrogens is 2. The van der Waals surface area contributed by atoms with Crippen LogP contribution in [0.5, 0.6) is 0 Å². The van der Waals surface area contributed by atoms with E-state index < -0.39 is 6.09 Å². The van der Waals surface area contributed by atoms with Crippen LogP contribution in [0.25, 0.3) is 11.0 Å². The third-order valence-electron chi connectivity index (χ3n) is 4.00. The number of anilines is 1. The zero-order valence-electron chi connectivity index (χ0n) is 11.9. The number of aryl methyl sites for hydroxylation is 1. The molecule has 0 bridgehead atoms. The van der Waals surface area contributed by atoms with Crippen LogP contribution in [0, 0.1) is 0 Å². The van der Waals surface area contributed by atoms with Gasteiger partial charge in [0, 0.05) is 33.2 Å². The lowest BCUT2D eigenvalue weighted by Crippen LogP contribution is -2.48. The Bertz CT molecular complexity index is 674. The van der Waals surface area contributed by atoms with Gasteiger partial charge in [-0.25, -0.2) is 9.78 Å². The second-order valence-electron chi connectivity index (χ2n) is 5.15. The van der Waals surface area contributed by atoms with Gasteiger partial charge in [-0.05, 0) is 12.1 Å². The number of piperazine rings is 1. The van der Waals surface area contributed by atoms with Crippen molar-refractivity contribution in [3.63, 3.8) is 0 Å². The molecule has 21 heavy (non-hydrogen) atoms. The molecule has 1 aliphatic heterocycles. The maximum absolute atomic E-state index is 11.0. The van der Waals surface area contributed by atoms with Gasteiger partial charge in [0.05, 0.1) is 16.7 Å². The highest BCUT2D eigenvalue weighted by atomic mass is 16.4. The molecular weight excluding hydrogens is 272 g/mol. The number of carbonyl (C=O) groups is 1. The molecule has 1 aromatic carbocycles. The zero-order chi connectivity index (χ0) is 15.0. The number of carboxylic acid groups (broad SMARTS) is 1. The Hall–Kier alpha value is -2.28. The zero-order valence-corrected chi connectivity index (χ0v) is 11.9. The van der Waals surface area contributed by atoms with Crippen molar-refractivity contribution in [1.29, 1.82) is 0 Å². The Morgan fingerprint density at radius 2 is 2.00 bits per heavy atom. The summed E-state index contributed by atoms with van der Waals surface area (Å²) < 4.78 is 1.90. The Balaban J connectivity index is 1.94. The van der Waals surface area contributed by atoms with Crippen LogP contribution in [0.2, 0.25) is 0 Å². The molecule has 1 aromatic heterocycles. The summed E-state index contributed by atoms with van der Waals surface area (Å²) in [6.07, 6.45) is -0.865. The van der Waals surface area contributed by atoms with Gasteiger partial charge in [0.25, 0.3) is 0 Å². The first-order chi connectivity index (χ1) is 10.1. The first kappa shape index (κ1) is 13.7. The number of imidazole rings is 1. The van der Waals surface area contributed by atoms with Crippen LogP contribution in [0.3, 0.4) is 0 Å². The molecule has 2 heterocycles. The molecule has 1 fully saturated rings. The molecule has 112 valence electrons. The predicted octanol–water partition coefficient (Wildman–Crippen LogP) is 0.866. The van der Waals surface area contributed by atoms with Gasteiger partial charge in [0.1, 0.15) is 12.4 Å². The van der Waals surface area contributed by atoms with Crippen molar-refractivity contribution in [3.8, 4) is 0 Å². The fourth-order valence-corrected chi connectivity index (χ4v) is 2.83. The minimum atomic E-state index is -0.865. The van der Waals surface area contributed by atoms with E-state index >= 15 is 0 Å². The molecule has 1 amide bonds. The van der Waals surface area contributed by atoms with Crippen LogP contribution < -0.4 is 4.90 Å². The van der Waals surface area contributed by atoms with E-state index in [9.17, 15) is 9.90 Å². The lowest BCUT2D eigenvalue weighted by Gasteiger charge is -2.35. The number of aliphatic hydroxyl groups excluding tert-OH is 1. The monoisotopic (exact) mass is 290 g/mol. The van der Waals surface area contributed by atoms with E-state index in [2.05, 4.69) is 9.88 Å². The first-order valence-electron chi connectivity index (χ1n) is 6.90. The minimum Gasteiger partial charge on any atom is -0.465 e. The number of hydrogen-bond donors (Lipinski definition) is 2. The number of amides is 1. The summed E-state index contributed by atoms with van der Waals surface area (Å²) in [5.41, 5.74) is 2.86. The summed E-state index contributed by atoms with van der Waals surface area (Å²) in [6, 6.07) is 5.88. The van der Waals surface area contributed by atoms with Gasteiger partial charge in [-0.1, -0.05) is 6.07 Å². The average molecular weight is 290 g/mol. The Morgan fingerprint density at radius 3 is 2.62 bits per heavy atom. The normalized spacial score (nSPS) is 15.7. The van der Waals surface area contributed by atoms with Gasteiger partial charge < -0.3 is 24.6 Å². The van der Waals surface area contributed by atoms with Gasteiger partial charge in [0.15, 0.2) is 0 Å². The molecule has 0 atom stereocenters. The van der Waals surface area contributed by atoms with Crippen LogP contribution in [-0.2, 0) is 13.7 Å². The van der Waals surface area contributed by atoms with Crippen LogP contribution >= 0.6 is 0 Å². The average Bonchev–Trinajstić information content (AvgIpc) is 2.84. The fraction of sp³-hybridized carbons (Fsp3) is 0.429. The van der Waals surface area contributed by atoms with Crippen molar-refractivity contribution in [1.82, 2.24) is 14.5 Å². The standard InChI is InChI=1S/C14H18N4O3/c1-16-12(9-19)15-10-3-2-4-11(13(10)16)17-5-7-18(8-6-17)14(20)21/h2-4,19H,5-9H2,1H3,(H,20,21). The molecule has 7 nitrogen and oxygen atoms in total. The van der Waals surface area contributed by atoms with E-state index in [1.165, 1.54) is 4.90 Å². The summed E-state index contributed by atoms with van der Waals surface area (Å²) in [5.74, 6) is 0.627. The van der Waals surface area contributed by atoms with E-state index in [-0.39, 0.29) is 6.61 Å². The van der Waals surface area contributed by atoms with Crippen LogP contribution in [0.15, 0.2) is 18.2 Å². The number of hydrogen-bond acceptors (Lipinski definition) is 4. The fourth-order valence-electron chi connectivity index (χ4n) is 2.83. The van der Waals surface area contributed by atoms with Gasteiger partial charge in [0.2, 0.25) is 0 Å². The molecule has 7 heteroatoms. The molecule has 0 radical (unpaired) electrons. The molecule has 1 saturated heterocycles. The summed E-state index contributed by atoms with van der Waals surface area (Å²) in [7, 11) is 1.89. The van der Waals surface area contributed by atoms with Crippen molar-refractivity contribution in [2.45, 2.75) is 6.61 Å². The van der Waals surface area contributed by atoms with Crippen LogP contribution in [-0.4, -0.2) is 56.9 Å². The van der Waals surface area contributed by atoms with Gasteiger partial charge in [-0.2, -0.15) is 0 Å². The van der Waals surface area contributed by atoms with Gasteiger partial charge in [-0.3, -0.25) is 0 Å². The van der Waals surface area contributed by atoms with Gasteiger partial charge in [-0.15, -0.1) is 0 Å². The molecule has 0 spiro atoms. The topological polar surface area (TPSA) is 81.8 Å². The molecule has 1 aliphatic rings. The highest BCUT2D eigenvalue weighted by Crippen LogP contribution is 2.28. The Morgan fingerprint density at radius 1 is 1.29 bits per heavy atom. The molecule has 3 rings (SSSR count). The number of nitrogens with zero attached hydrogens (tertiary/aromatic N) is 4. The lowest BCUT2D eigenvalue weighted by molar-refractivity contribution is 0.142. The van der Waals surface area contributed by atoms with Crippen molar-refractivity contribution in [2.75, 3.05) is 31.1 Å². The minimum absolute atomic E-state index is 0.0998. The number of rotatable bonds is 2. The Labute approximate surface area is 122 Å². The second kappa shape index (κ2) is 5.25. The number of benzene rings is 1. The van der Waals surface area contributed by atoms with E-state index in [4.69, 9.17) is 5.11 Å². The molecule has 0 aliphatic carbocycles. The first-order valence-corrected chi connectivity index (χ1v) is 6.90. The van der Waals surface area contributed by atoms with E-state index in [1.807, 2.05) is 29.8 Å². The largest absolute Gasteiger partial charge is 0.465 e. The SMILES string of the molecule is Cn1c(CO)nc2cccc(N3CCN(C(=O)O)CC3)c21. The number of para-hydroxylation sites is 1. The molecule has 0 saturated carbocycles. The third kappa shape index (κ3) is 2.29. The quantitative estimate of drug-likeness (QED) is 0.857. The van der Waals surface area contributed by atoms with Crippen molar-refractivity contribution in [2.24, 2.45) is 7.05 Å². The third-order valence-corrected chi connectivity index (χ3v) is 4.00. The number of aliphatic hydroxyl groups is 1. The van der Waals surface area contributed by atoms with Crippen LogP contribution in [0.4, 0.5) is 10.5 Å².